The van der Waals surface area contributed by atoms with Gasteiger partial charge in [0.05, 0.1) is 0 Å². The van der Waals surface area contributed by atoms with E-state index in [1.807, 2.05) is 0 Å². The summed E-state index contributed by atoms with van der Waals surface area (Å²) in [5, 5.41) is 9.16. The van der Waals surface area contributed by atoms with E-state index in [9.17, 15) is 8.42 Å². The molecule has 0 aliphatic heterocycles. The van der Waals surface area contributed by atoms with Gasteiger partial charge < -0.3 is 5.11 Å². The maximum Gasteiger partial charge on any atom is 0.279 e. The molecule has 0 unspecified atom stereocenters. The Labute approximate surface area is 89.5 Å². The van der Waals surface area contributed by atoms with Crippen LogP contribution in [0.4, 0.5) is 0 Å². The number of phenolic OH excluding ortho intramolecular Hbond substituents is 1. The summed E-state index contributed by atoms with van der Waals surface area (Å²) in [7, 11) is -0.509. The van der Waals surface area contributed by atoms with E-state index in [-0.39, 0.29) is 12.3 Å². The highest BCUT2D eigenvalue weighted by Crippen LogP contribution is 2.10. The number of nitrogens with one attached hydrogen (secondary N) is 1. The molecule has 0 radical (unpaired) electrons. The molecule has 0 fully saturated rings. The lowest BCUT2D eigenvalue weighted by atomic mass is 10.2. The van der Waals surface area contributed by atoms with Gasteiger partial charge in [0.1, 0.15) is 5.75 Å². The second kappa shape index (κ2) is 4.61. The van der Waals surface area contributed by atoms with Gasteiger partial charge in [-0.25, -0.2) is 0 Å². The zero-order valence-corrected chi connectivity index (χ0v) is 9.45. The van der Waals surface area contributed by atoms with E-state index in [0.717, 1.165) is 4.31 Å². The minimum absolute atomic E-state index is 0.122. The SMILES string of the molecule is CN(C)S(=O)(=O)NCc1cccc(O)c1. The fraction of sp³-hybridized carbons (Fsp3) is 0.333. The molecular weight excluding hydrogens is 216 g/mol. The number of hydrogen-bond acceptors (Lipinski definition) is 3. The largest absolute Gasteiger partial charge is 0.508 e. The van der Waals surface area contributed by atoms with E-state index in [2.05, 4.69) is 4.72 Å². The molecule has 1 rings (SSSR count). The molecule has 1 aromatic carbocycles. The fourth-order valence-electron chi connectivity index (χ4n) is 0.970. The van der Waals surface area contributed by atoms with Crippen molar-refractivity contribution < 1.29 is 13.5 Å². The Bertz CT molecular complexity index is 429. The van der Waals surface area contributed by atoms with Crippen molar-refractivity contribution in [3.05, 3.63) is 29.8 Å². The average molecular weight is 230 g/mol. The molecule has 0 aromatic heterocycles. The third-order valence-electron chi connectivity index (χ3n) is 1.85. The van der Waals surface area contributed by atoms with E-state index in [1.54, 1.807) is 12.1 Å². The lowest BCUT2D eigenvalue weighted by molar-refractivity contribution is 0.474. The van der Waals surface area contributed by atoms with Crippen molar-refractivity contribution in [1.82, 2.24) is 9.03 Å². The van der Waals surface area contributed by atoms with Crippen molar-refractivity contribution in [3.8, 4) is 5.75 Å². The molecule has 0 heterocycles. The van der Waals surface area contributed by atoms with E-state index in [1.165, 1.54) is 26.2 Å². The minimum atomic E-state index is -3.41. The number of rotatable bonds is 4. The molecule has 0 saturated carbocycles. The van der Waals surface area contributed by atoms with E-state index >= 15 is 0 Å². The number of benzene rings is 1. The Morgan fingerprint density at radius 3 is 2.60 bits per heavy atom. The first kappa shape index (κ1) is 12.0. The van der Waals surface area contributed by atoms with E-state index in [0.29, 0.717) is 5.56 Å². The first-order valence-corrected chi connectivity index (χ1v) is 5.81. The normalized spacial score (nSPS) is 11.9. The van der Waals surface area contributed by atoms with Crippen LogP contribution in [0.5, 0.6) is 5.75 Å². The molecule has 0 spiro atoms. The van der Waals surface area contributed by atoms with Gasteiger partial charge in [-0.05, 0) is 17.7 Å². The number of aromatic hydroxyl groups is 1. The van der Waals surface area contributed by atoms with Crippen molar-refractivity contribution in [3.63, 3.8) is 0 Å². The Morgan fingerprint density at radius 1 is 1.40 bits per heavy atom. The summed E-state index contributed by atoms with van der Waals surface area (Å²) in [5.41, 5.74) is 0.709. The van der Waals surface area contributed by atoms with Crippen molar-refractivity contribution in [2.24, 2.45) is 0 Å². The summed E-state index contributed by atoms with van der Waals surface area (Å²) in [6.07, 6.45) is 0. The van der Waals surface area contributed by atoms with E-state index < -0.39 is 10.2 Å². The zero-order valence-electron chi connectivity index (χ0n) is 8.64. The predicted molar refractivity (Wildman–Crippen MR) is 57.6 cm³/mol. The molecule has 0 aliphatic carbocycles. The highest BCUT2D eigenvalue weighted by molar-refractivity contribution is 7.87. The molecular formula is C9H14N2O3S. The van der Waals surface area contributed by atoms with Gasteiger partial charge in [-0.15, -0.1) is 0 Å². The molecule has 1 aromatic rings. The molecule has 0 atom stereocenters. The average Bonchev–Trinajstić information content (AvgIpc) is 2.15. The van der Waals surface area contributed by atoms with Gasteiger partial charge in [0, 0.05) is 20.6 Å². The summed E-state index contributed by atoms with van der Waals surface area (Å²) in [6, 6.07) is 6.44. The van der Waals surface area contributed by atoms with Crippen LogP contribution >= 0.6 is 0 Å². The number of nitrogens with zero attached hydrogens (tertiary/aromatic N) is 1. The zero-order chi connectivity index (χ0) is 11.5. The van der Waals surface area contributed by atoms with Crippen molar-refractivity contribution in [1.29, 1.82) is 0 Å². The second-order valence-corrected chi connectivity index (χ2v) is 5.25. The second-order valence-electron chi connectivity index (χ2n) is 3.28. The van der Waals surface area contributed by atoms with Gasteiger partial charge in [-0.1, -0.05) is 12.1 Å². The summed E-state index contributed by atoms with van der Waals surface area (Å²) in [4.78, 5) is 0. The van der Waals surface area contributed by atoms with Gasteiger partial charge in [-0.3, -0.25) is 0 Å². The standard InChI is InChI=1S/C9H14N2O3S/c1-11(2)15(13,14)10-7-8-4-3-5-9(12)6-8/h3-6,10,12H,7H2,1-2H3. The molecule has 15 heavy (non-hydrogen) atoms. The Hall–Kier alpha value is -1.11. The minimum Gasteiger partial charge on any atom is -0.508 e. The van der Waals surface area contributed by atoms with Gasteiger partial charge >= 0.3 is 0 Å². The summed E-state index contributed by atoms with van der Waals surface area (Å²) >= 11 is 0. The quantitative estimate of drug-likeness (QED) is 0.781. The molecule has 0 aliphatic rings. The van der Waals surface area contributed by atoms with Crippen LogP contribution in [0.15, 0.2) is 24.3 Å². The summed E-state index contributed by atoms with van der Waals surface area (Å²) in [5.74, 6) is 0.122. The predicted octanol–water partition coefficient (Wildman–Crippen LogP) is 0.288. The highest BCUT2D eigenvalue weighted by atomic mass is 32.2. The van der Waals surface area contributed by atoms with Crippen molar-refractivity contribution in [2.75, 3.05) is 14.1 Å². The monoisotopic (exact) mass is 230 g/mol. The van der Waals surface area contributed by atoms with Crippen molar-refractivity contribution >= 4 is 10.2 Å². The number of phenols is 1. The maximum atomic E-state index is 11.3. The van der Waals surface area contributed by atoms with Gasteiger partial charge in [-0.2, -0.15) is 17.4 Å². The third-order valence-corrected chi connectivity index (χ3v) is 3.32. The topological polar surface area (TPSA) is 69.6 Å². The lowest BCUT2D eigenvalue weighted by Gasteiger charge is -2.12. The van der Waals surface area contributed by atoms with Gasteiger partial charge in [0.25, 0.3) is 10.2 Å². The van der Waals surface area contributed by atoms with Crippen LogP contribution in [-0.2, 0) is 16.8 Å². The van der Waals surface area contributed by atoms with Crippen LogP contribution in [-0.4, -0.2) is 31.9 Å². The molecule has 0 saturated heterocycles. The van der Waals surface area contributed by atoms with Crippen molar-refractivity contribution in [2.45, 2.75) is 6.54 Å². The lowest BCUT2D eigenvalue weighted by Crippen LogP contribution is -2.35. The molecule has 0 bridgehead atoms. The fourth-order valence-corrected chi connectivity index (χ4v) is 1.58. The van der Waals surface area contributed by atoms with Crippen LogP contribution in [0.25, 0.3) is 0 Å². The van der Waals surface area contributed by atoms with Gasteiger partial charge in [0.15, 0.2) is 0 Å². The Morgan fingerprint density at radius 2 is 2.07 bits per heavy atom. The van der Waals surface area contributed by atoms with Crippen LogP contribution < -0.4 is 4.72 Å². The third kappa shape index (κ3) is 3.50. The summed E-state index contributed by atoms with van der Waals surface area (Å²) in [6.45, 7) is 0.162. The Balaban J connectivity index is 2.66. The maximum absolute atomic E-state index is 11.3. The van der Waals surface area contributed by atoms with Crippen LogP contribution in [0.2, 0.25) is 0 Å². The smallest absolute Gasteiger partial charge is 0.279 e. The molecule has 84 valence electrons. The van der Waals surface area contributed by atoms with E-state index in [4.69, 9.17) is 5.11 Å². The first-order valence-electron chi connectivity index (χ1n) is 4.37. The summed E-state index contributed by atoms with van der Waals surface area (Å²) < 4.78 is 26.2. The molecule has 0 amide bonds. The van der Waals surface area contributed by atoms with Gasteiger partial charge in [0.2, 0.25) is 0 Å². The van der Waals surface area contributed by atoms with Crippen LogP contribution in [0, 0.1) is 0 Å². The Kier molecular flexibility index (Phi) is 3.67. The molecule has 5 nitrogen and oxygen atoms in total. The van der Waals surface area contributed by atoms with Crippen LogP contribution in [0.3, 0.4) is 0 Å². The first-order chi connectivity index (χ1) is 6.92. The highest BCUT2D eigenvalue weighted by Gasteiger charge is 2.11. The van der Waals surface area contributed by atoms with Crippen LogP contribution in [0.1, 0.15) is 5.56 Å². The molecule has 2 N–H and O–H groups in total. The number of hydrogen-bond donors (Lipinski definition) is 2. The molecule has 6 heteroatoms.